The van der Waals surface area contributed by atoms with Gasteiger partial charge in [0.15, 0.2) is 6.10 Å². The quantitative estimate of drug-likeness (QED) is 0.805. The molecule has 17 heavy (non-hydrogen) atoms. The topological polar surface area (TPSA) is 76.0 Å². The van der Waals surface area contributed by atoms with E-state index in [1.54, 1.807) is 6.92 Å². The summed E-state index contributed by atoms with van der Waals surface area (Å²) in [6.07, 6.45) is -1.57. The number of aliphatic hydroxyl groups is 1. The number of methoxy groups -OCH3 is 1. The van der Waals surface area contributed by atoms with Gasteiger partial charge in [-0.2, -0.15) is 0 Å². The van der Waals surface area contributed by atoms with Gasteiger partial charge in [-0.1, -0.05) is 11.6 Å². The number of aliphatic hydroxyl groups excluding tert-OH is 1. The molecule has 2 N–H and O–H groups in total. The number of carbonyl (C=O) groups is 1. The van der Waals surface area contributed by atoms with Crippen LogP contribution in [-0.4, -0.2) is 29.9 Å². The Hall–Kier alpha value is -1.46. The fourth-order valence-electron chi connectivity index (χ4n) is 1.28. The second-order valence-corrected chi connectivity index (χ2v) is 3.61. The van der Waals surface area contributed by atoms with Gasteiger partial charge in [0, 0.05) is 11.6 Å². The highest BCUT2D eigenvalue weighted by atomic mass is 35.5. The average Bonchev–Trinajstić information content (AvgIpc) is 2.29. The van der Waals surface area contributed by atoms with Crippen LogP contribution >= 0.6 is 11.6 Å². The largest absolute Gasteiger partial charge is 0.507 e. The Labute approximate surface area is 104 Å². The van der Waals surface area contributed by atoms with Crippen molar-refractivity contribution in [2.24, 2.45) is 0 Å². The Balaban J connectivity index is 3.08. The van der Waals surface area contributed by atoms with Crippen LogP contribution in [-0.2, 0) is 9.53 Å². The van der Waals surface area contributed by atoms with E-state index in [9.17, 15) is 15.0 Å². The smallest absolute Gasteiger partial charge is 0.339 e. The maximum atomic E-state index is 11.3. The summed E-state index contributed by atoms with van der Waals surface area (Å²) in [5.41, 5.74) is -0.00954. The van der Waals surface area contributed by atoms with Gasteiger partial charge < -0.3 is 19.7 Å². The number of phenolic OH excluding ortho intramolecular Hbond substituents is 1. The number of phenols is 1. The molecule has 0 aromatic heterocycles. The first-order valence-electron chi connectivity index (χ1n) is 4.92. The van der Waals surface area contributed by atoms with Crippen molar-refractivity contribution < 1.29 is 24.5 Å². The summed E-state index contributed by atoms with van der Waals surface area (Å²) in [6.45, 7) is 1.76. The van der Waals surface area contributed by atoms with E-state index in [0.717, 1.165) is 0 Å². The Bertz CT molecular complexity index is 419. The predicted octanol–water partition coefficient (Wildman–Crippen LogP) is 1.65. The monoisotopic (exact) mass is 260 g/mol. The minimum Gasteiger partial charge on any atom is -0.507 e. The highest BCUT2D eigenvalue weighted by Gasteiger charge is 2.23. The second-order valence-electron chi connectivity index (χ2n) is 3.20. The van der Waals surface area contributed by atoms with Crippen LogP contribution in [0.4, 0.5) is 0 Å². The van der Waals surface area contributed by atoms with E-state index in [-0.39, 0.29) is 28.7 Å². The van der Waals surface area contributed by atoms with E-state index in [4.69, 9.17) is 16.3 Å². The summed E-state index contributed by atoms with van der Waals surface area (Å²) in [6, 6.07) is 2.48. The number of rotatable bonds is 4. The molecule has 1 aromatic carbocycles. The Morgan fingerprint density at radius 1 is 1.53 bits per heavy atom. The van der Waals surface area contributed by atoms with Crippen LogP contribution in [0.25, 0.3) is 0 Å². The molecule has 1 rings (SSSR count). The molecule has 0 spiro atoms. The number of benzene rings is 1. The summed E-state index contributed by atoms with van der Waals surface area (Å²) in [5.74, 6) is -0.883. The number of halogens is 1. The van der Waals surface area contributed by atoms with Gasteiger partial charge in [-0.15, -0.1) is 0 Å². The lowest BCUT2D eigenvalue weighted by atomic mass is 10.1. The van der Waals surface area contributed by atoms with E-state index in [2.05, 4.69) is 4.74 Å². The fourth-order valence-corrected chi connectivity index (χ4v) is 1.52. The SMILES string of the molecule is CCOC(=O)C(O)c1cc(OC)c(Cl)cc1O. The van der Waals surface area contributed by atoms with E-state index < -0.39 is 12.1 Å². The number of hydrogen-bond donors (Lipinski definition) is 2. The van der Waals surface area contributed by atoms with Crippen molar-refractivity contribution >= 4 is 17.6 Å². The molecule has 94 valence electrons. The van der Waals surface area contributed by atoms with Crippen LogP contribution in [0.2, 0.25) is 5.02 Å². The van der Waals surface area contributed by atoms with Crippen LogP contribution in [0.15, 0.2) is 12.1 Å². The average molecular weight is 261 g/mol. The van der Waals surface area contributed by atoms with Crippen LogP contribution in [0, 0.1) is 0 Å². The summed E-state index contributed by atoms with van der Waals surface area (Å²) in [4.78, 5) is 11.3. The van der Waals surface area contributed by atoms with E-state index in [1.807, 2.05) is 0 Å². The third-order valence-corrected chi connectivity index (χ3v) is 2.40. The van der Waals surface area contributed by atoms with E-state index >= 15 is 0 Å². The number of aromatic hydroxyl groups is 1. The molecule has 0 heterocycles. The van der Waals surface area contributed by atoms with Gasteiger partial charge >= 0.3 is 5.97 Å². The number of esters is 1. The predicted molar refractivity (Wildman–Crippen MR) is 61.3 cm³/mol. The van der Waals surface area contributed by atoms with Crippen LogP contribution in [0.5, 0.6) is 11.5 Å². The second kappa shape index (κ2) is 5.75. The standard InChI is InChI=1S/C11H13ClO5/c1-3-17-11(15)10(14)6-4-9(16-2)7(12)5-8(6)13/h4-5,10,13-14H,3H2,1-2H3. The number of ether oxygens (including phenoxy) is 2. The lowest BCUT2D eigenvalue weighted by Gasteiger charge is -2.13. The van der Waals surface area contributed by atoms with Gasteiger partial charge in [0.1, 0.15) is 11.5 Å². The molecule has 1 aromatic rings. The first-order chi connectivity index (χ1) is 8.01. The van der Waals surface area contributed by atoms with Gasteiger partial charge in [-0.3, -0.25) is 0 Å². The van der Waals surface area contributed by atoms with E-state index in [1.165, 1.54) is 19.2 Å². The Morgan fingerprint density at radius 3 is 2.71 bits per heavy atom. The lowest BCUT2D eigenvalue weighted by Crippen LogP contribution is -2.15. The van der Waals surface area contributed by atoms with E-state index in [0.29, 0.717) is 0 Å². The molecule has 5 nitrogen and oxygen atoms in total. The van der Waals surface area contributed by atoms with Crippen molar-refractivity contribution in [2.45, 2.75) is 13.0 Å². The summed E-state index contributed by atoms with van der Waals surface area (Å²) < 4.78 is 9.57. The molecule has 0 aliphatic rings. The fraction of sp³-hybridized carbons (Fsp3) is 0.364. The number of hydrogen-bond acceptors (Lipinski definition) is 5. The third-order valence-electron chi connectivity index (χ3n) is 2.11. The van der Waals surface area contributed by atoms with Crippen molar-refractivity contribution in [3.05, 3.63) is 22.7 Å². The maximum absolute atomic E-state index is 11.3. The zero-order chi connectivity index (χ0) is 13.0. The van der Waals surface area contributed by atoms with Crippen LogP contribution in [0.1, 0.15) is 18.6 Å². The van der Waals surface area contributed by atoms with Crippen molar-refractivity contribution in [1.82, 2.24) is 0 Å². The summed E-state index contributed by atoms with van der Waals surface area (Å²) >= 11 is 5.76. The molecule has 0 bridgehead atoms. The molecule has 0 radical (unpaired) electrons. The highest BCUT2D eigenvalue weighted by molar-refractivity contribution is 6.32. The molecule has 0 aliphatic carbocycles. The van der Waals surface area contributed by atoms with Gasteiger partial charge in [-0.05, 0) is 13.0 Å². The zero-order valence-corrected chi connectivity index (χ0v) is 10.2. The van der Waals surface area contributed by atoms with Crippen LogP contribution < -0.4 is 4.74 Å². The minimum atomic E-state index is -1.57. The molecule has 1 atom stereocenters. The van der Waals surface area contributed by atoms with Crippen molar-refractivity contribution in [3.8, 4) is 11.5 Å². The van der Waals surface area contributed by atoms with Gasteiger partial charge in [0.25, 0.3) is 0 Å². The van der Waals surface area contributed by atoms with Crippen molar-refractivity contribution in [2.75, 3.05) is 13.7 Å². The molecule has 0 amide bonds. The zero-order valence-electron chi connectivity index (χ0n) is 9.44. The molecule has 0 fully saturated rings. The molecule has 0 saturated heterocycles. The molecule has 1 unspecified atom stereocenters. The summed E-state index contributed by atoms with van der Waals surface area (Å²) in [5, 5.41) is 19.5. The molecule has 6 heteroatoms. The summed E-state index contributed by atoms with van der Waals surface area (Å²) in [7, 11) is 1.39. The highest BCUT2D eigenvalue weighted by Crippen LogP contribution is 2.35. The van der Waals surface area contributed by atoms with Gasteiger partial charge in [0.2, 0.25) is 0 Å². The van der Waals surface area contributed by atoms with Crippen molar-refractivity contribution in [1.29, 1.82) is 0 Å². The maximum Gasteiger partial charge on any atom is 0.339 e. The first kappa shape index (κ1) is 13.6. The number of carbonyl (C=O) groups excluding carboxylic acids is 1. The molecular weight excluding hydrogens is 248 g/mol. The molecule has 0 aliphatic heterocycles. The first-order valence-corrected chi connectivity index (χ1v) is 5.30. The minimum absolute atomic E-state index is 0.00954. The third kappa shape index (κ3) is 3.01. The Morgan fingerprint density at radius 2 is 2.18 bits per heavy atom. The molecular formula is C11H13ClO5. The molecule has 0 saturated carbocycles. The Kier molecular flexibility index (Phi) is 4.60. The lowest BCUT2D eigenvalue weighted by molar-refractivity contribution is -0.153. The normalized spacial score (nSPS) is 12.0. The van der Waals surface area contributed by atoms with Crippen LogP contribution in [0.3, 0.4) is 0 Å². The van der Waals surface area contributed by atoms with Crippen molar-refractivity contribution in [3.63, 3.8) is 0 Å². The van der Waals surface area contributed by atoms with Gasteiger partial charge in [-0.25, -0.2) is 4.79 Å². The van der Waals surface area contributed by atoms with Gasteiger partial charge in [0.05, 0.1) is 18.7 Å².